The quantitative estimate of drug-likeness (QED) is 0.731. The highest BCUT2D eigenvalue weighted by molar-refractivity contribution is 7.84. The molecule has 0 spiro atoms. The van der Waals surface area contributed by atoms with Crippen LogP contribution in [0.25, 0.3) is 6.08 Å². The molecule has 102 valence electrons. The van der Waals surface area contributed by atoms with Crippen molar-refractivity contribution in [3.8, 4) is 0 Å². The van der Waals surface area contributed by atoms with E-state index in [4.69, 9.17) is 5.11 Å². The van der Waals surface area contributed by atoms with Gasteiger partial charge in [0.25, 0.3) is 5.91 Å². The average Bonchev–Trinajstić information content (AvgIpc) is 2.36. The monoisotopic (exact) mass is 282 g/mol. The van der Waals surface area contributed by atoms with Crippen LogP contribution in [0, 0.1) is 0 Å². The van der Waals surface area contributed by atoms with Crippen LogP contribution in [0.2, 0.25) is 0 Å². The SMILES string of the molecule is CS(=O)CCNC(=O)c1ncccc1/C=C/C(=O)O. The molecule has 1 aromatic heterocycles. The first-order chi connectivity index (χ1) is 9.00. The Balaban J connectivity index is 2.79. The highest BCUT2D eigenvalue weighted by Crippen LogP contribution is 2.07. The summed E-state index contributed by atoms with van der Waals surface area (Å²) in [5.41, 5.74) is 0.557. The molecule has 0 aliphatic heterocycles. The van der Waals surface area contributed by atoms with Crippen molar-refractivity contribution in [2.24, 2.45) is 0 Å². The molecule has 2 N–H and O–H groups in total. The van der Waals surface area contributed by atoms with Crippen LogP contribution < -0.4 is 5.32 Å². The molecule has 0 bridgehead atoms. The molecular weight excluding hydrogens is 268 g/mol. The second-order valence-corrected chi connectivity index (χ2v) is 5.20. The predicted octanol–water partition coefficient (Wildman–Crippen LogP) is 0.288. The molecule has 0 saturated carbocycles. The third kappa shape index (κ3) is 5.43. The van der Waals surface area contributed by atoms with Gasteiger partial charge in [-0.3, -0.25) is 14.0 Å². The van der Waals surface area contributed by atoms with Gasteiger partial charge in [0.2, 0.25) is 0 Å². The molecule has 1 amide bonds. The van der Waals surface area contributed by atoms with Crippen molar-refractivity contribution in [1.29, 1.82) is 0 Å². The summed E-state index contributed by atoms with van der Waals surface area (Å²) in [5.74, 6) is -1.16. The van der Waals surface area contributed by atoms with E-state index in [2.05, 4.69) is 10.3 Å². The van der Waals surface area contributed by atoms with Crippen LogP contribution in [0.1, 0.15) is 16.1 Å². The van der Waals surface area contributed by atoms with Crippen LogP contribution in [-0.2, 0) is 15.6 Å². The van der Waals surface area contributed by atoms with Crippen molar-refractivity contribution in [2.75, 3.05) is 18.6 Å². The van der Waals surface area contributed by atoms with Gasteiger partial charge in [0.15, 0.2) is 0 Å². The van der Waals surface area contributed by atoms with Gasteiger partial charge in [-0.15, -0.1) is 0 Å². The Bertz CT molecular complexity index is 528. The minimum atomic E-state index is -1.10. The lowest BCUT2D eigenvalue weighted by atomic mass is 10.1. The number of rotatable bonds is 6. The van der Waals surface area contributed by atoms with E-state index >= 15 is 0 Å². The molecule has 0 aromatic carbocycles. The van der Waals surface area contributed by atoms with Gasteiger partial charge in [-0.1, -0.05) is 6.07 Å². The normalized spacial score (nSPS) is 12.3. The van der Waals surface area contributed by atoms with Gasteiger partial charge >= 0.3 is 5.97 Å². The zero-order valence-electron chi connectivity index (χ0n) is 10.3. The highest BCUT2D eigenvalue weighted by Gasteiger charge is 2.10. The summed E-state index contributed by atoms with van der Waals surface area (Å²) in [6.07, 6.45) is 5.25. The third-order valence-electron chi connectivity index (χ3n) is 2.13. The number of carbonyl (C=O) groups excluding carboxylic acids is 1. The van der Waals surface area contributed by atoms with E-state index in [1.165, 1.54) is 12.3 Å². The first kappa shape index (κ1) is 15.0. The average molecular weight is 282 g/mol. The number of aromatic nitrogens is 1. The fourth-order valence-corrected chi connectivity index (χ4v) is 1.68. The minimum absolute atomic E-state index is 0.141. The number of pyridine rings is 1. The molecule has 7 heteroatoms. The van der Waals surface area contributed by atoms with E-state index in [0.29, 0.717) is 11.3 Å². The Hall–Kier alpha value is -2.02. The van der Waals surface area contributed by atoms with Crippen LogP contribution in [-0.4, -0.2) is 44.7 Å². The van der Waals surface area contributed by atoms with Gasteiger partial charge in [-0.05, 0) is 12.1 Å². The van der Waals surface area contributed by atoms with Crippen molar-refractivity contribution in [3.05, 3.63) is 35.7 Å². The Morgan fingerprint density at radius 1 is 1.53 bits per heavy atom. The topological polar surface area (TPSA) is 96.4 Å². The van der Waals surface area contributed by atoms with E-state index in [0.717, 1.165) is 6.08 Å². The number of carboxylic acid groups (broad SMARTS) is 1. The zero-order valence-corrected chi connectivity index (χ0v) is 11.1. The lowest BCUT2D eigenvalue weighted by Gasteiger charge is -2.05. The molecule has 1 aromatic rings. The van der Waals surface area contributed by atoms with Gasteiger partial charge in [0.05, 0.1) is 0 Å². The highest BCUT2D eigenvalue weighted by atomic mass is 32.2. The first-order valence-corrected chi connectivity index (χ1v) is 7.17. The molecule has 0 aliphatic rings. The van der Waals surface area contributed by atoms with Crippen LogP contribution in [0.3, 0.4) is 0 Å². The molecule has 1 heterocycles. The van der Waals surface area contributed by atoms with E-state index < -0.39 is 22.7 Å². The molecule has 1 unspecified atom stereocenters. The Morgan fingerprint density at radius 2 is 2.26 bits per heavy atom. The van der Waals surface area contributed by atoms with E-state index in [1.807, 2.05) is 0 Å². The summed E-state index contributed by atoms with van der Waals surface area (Å²) in [5, 5.41) is 11.1. The number of carbonyl (C=O) groups is 2. The summed E-state index contributed by atoms with van der Waals surface area (Å²) in [6.45, 7) is 0.278. The van der Waals surface area contributed by atoms with Crippen LogP contribution >= 0.6 is 0 Å². The summed E-state index contributed by atoms with van der Waals surface area (Å²) >= 11 is 0. The Morgan fingerprint density at radius 3 is 2.89 bits per heavy atom. The summed E-state index contributed by atoms with van der Waals surface area (Å²) < 4.78 is 10.9. The molecule has 1 rings (SSSR count). The number of hydrogen-bond acceptors (Lipinski definition) is 4. The van der Waals surface area contributed by atoms with Gasteiger partial charge in [-0.2, -0.15) is 0 Å². The van der Waals surface area contributed by atoms with Crippen molar-refractivity contribution < 1.29 is 18.9 Å². The van der Waals surface area contributed by atoms with Crippen LogP contribution in [0.4, 0.5) is 0 Å². The molecular formula is C12H14N2O4S. The minimum Gasteiger partial charge on any atom is -0.478 e. The van der Waals surface area contributed by atoms with Crippen molar-refractivity contribution in [2.45, 2.75) is 0 Å². The Kier molecular flexibility index (Phi) is 5.87. The second-order valence-electron chi connectivity index (χ2n) is 3.65. The zero-order chi connectivity index (χ0) is 14.3. The van der Waals surface area contributed by atoms with Crippen LogP contribution in [0.5, 0.6) is 0 Å². The number of amides is 1. The summed E-state index contributed by atoms with van der Waals surface area (Å²) in [7, 11) is -0.980. The van der Waals surface area contributed by atoms with Crippen LogP contribution in [0.15, 0.2) is 24.4 Å². The number of nitrogens with one attached hydrogen (secondary N) is 1. The smallest absolute Gasteiger partial charge is 0.328 e. The largest absolute Gasteiger partial charge is 0.478 e. The third-order valence-corrected chi connectivity index (χ3v) is 2.91. The molecule has 6 nitrogen and oxygen atoms in total. The molecule has 0 fully saturated rings. The standard InChI is InChI=1S/C12H14N2O4S/c1-19(18)8-7-14-12(17)11-9(3-2-6-13-11)4-5-10(15)16/h2-6H,7-8H2,1H3,(H,14,17)(H,15,16)/b5-4+. The van der Waals surface area contributed by atoms with E-state index in [-0.39, 0.29) is 12.2 Å². The van der Waals surface area contributed by atoms with Gasteiger partial charge in [0.1, 0.15) is 5.69 Å². The summed E-state index contributed by atoms with van der Waals surface area (Å²) in [4.78, 5) is 26.2. The van der Waals surface area contributed by atoms with E-state index in [9.17, 15) is 13.8 Å². The molecule has 0 radical (unpaired) electrons. The Labute approximate surface area is 113 Å². The number of aliphatic carboxylic acids is 1. The number of carboxylic acids is 1. The van der Waals surface area contributed by atoms with E-state index in [1.54, 1.807) is 18.4 Å². The maximum Gasteiger partial charge on any atom is 0.328 e. The van der Waals surface area contributed by atoms with Gasteiger partial charge < -0.3 is 10.4 Å². The lowest BCUT2D eigenvalue weighted by molar-refractivity contribution is -0.131. The maximum atomic E-state index is 11.8. The fourth-order valence-electron chi connectivity index (χ4n) is 1.30. The number of hydrogen-bond donors (Lipinski definition) is 2. The molecule has 19 heavy (non-hydrogen) atoms. The predicted molar refractivity (Wildman–Crippen MR) is 72.2 cm³/mol. The summed E-state index contributed by atoms with van der Waals surface area (Å²) in [6, 6.07) is 3.21. The van der Waals surface area contributed by atoms with Crippen molar-refractivity contribution >= 4 is 28.8 Å². The van der Waals surface area contributed by atoms with Crippen molar-refractivity contribution in [1.82, 2.24) is 10.3 Å². The fraction of sp³-hybridized carbons (Fsp3) is 0.250. The first-order valence-electron chi connectivity index (χ1n) is 5.45. The van der Waals surface area contributed by atoms with Gasteiger partial charge in [0, 0.05) is 47.2 Å². The van der Waals surface area contributed by atoms with Gasteiger partial charge in [-0.25, -0.2) is 4.79 Å². The molecule has 0 saturated heterocycles. The lowest BCUT2D eigenvalue weighted by Crippen LogP contribution is -2.28. The second kappa shape index (κ2) is 7.42. The number of nitrogens with zero attached hydrogens (tertiary/aromatic N) is 1. The maximum absolute atomic E-state index is 11.8. The molecule has 0 aliphatic carbocycles. The van der Waals surface area contributed by atoms with Crippen molar-refractivity contribution in [3.63, 3.8) is 0 Å². The molecule has 1 atom stereocenters.